The highest BCUT2D eigenvalue weighted by Crippen LogP contribution is 2.19. The number of hydrogen-bond donors (Lipinski definition) is 1. The molecule has 0 bridgehead atoms. The highest BCUT2D eigenvalue weighted by molar-refractivity contribution is 7.92. The molecule has 2 rings (SSSR count). The van der Waals surface area contributed by atoms with Crippen molar-refractivity contribution in [2.45, 2.75) is 24.7 Å². The van der Waals surface area contributed by atoms with Crippen LogP contribution < -0.4 is 9.62 Å². The van der Waals surface area contributed by atoms with E-state index in [0.717, 1.165) is 19.4 Å². The molecule has 6 nitrogen and oxygen atoms in total. The molecule has 0 aliphatic rings. The number of aromatic nitrogens is 2. The lowest BCUT2D eigenvalue weighted by atomic mass is 10.3. The SMILES string of the molecule is CCCCN(C)c1ccc(NS(=O)(=O)c2cccc(Cl)c2)nn1. The minimum atomic E-state index is -3.73. The zero-order valence-corrected chi connectivity index (χ0v) is 14.6. The minimum absolute atomic E-state index is 0.0796. The van der Waals surface area contributed by atoms with E-state index in [9.17, 15) is 8.42 Å². The summed E-state index contributed by atoms with van der Waals surface area (Å²) in [5, 5.41) is 8.33. The van der Waals surface area contributed by atoms with Crippen LogP contribution in [-0.4, -0.2) is 32.2 Å². The van der Waals surface area contributed by atoms with Crippen molar-refractivity contribution in [1.82, 2.24) is 10.2 Å². The molecule has 0 fully saturated rings. The van der Waals surface area contributed by atoms with E-state index < -0.39 is 10.0 Å². The van der Waals surface area contributed by atoms with E-state index in [1.165, 1.54) is 12.1 Å². The van der Waals surface area contributed by atoms with Crippen molar-refractivity contribution in [2.75, 3.05) is 23.2 Å². The maximum Gasteiger partial charge on any atom is 0.263 e. The van der Waals surface area contributed by atoms with Gasteiger partial charge in [-0.1, -0.05) is 31.0 Å². The number of sulfonamides is 1. The maximum absolute atomic E-state index is 12.3. The van der Waals surface area contributed by atoms with E-state index >= 15 is 0 Å². The third-order valence-corrected chi connectivity index (χ3v) is 4.82. The molecule has 1 N–H and O–H groups in total. The van der Waals surface area contributed by atoms with Crippen LogP contribution in [0.3, 0.4) is 0 Å². The average molecular weight is 355 g/mol. The van der Waals surface area contributed by atoms with E-state index in [-0.39, 0.29) is 10.7 Å². The van der Waals surface area contributed by atoms with Crippen LogP contribution in [0.5, 0.6) is 0 Å². The molecule has 0 saturated heterocycles. The number of halogens is 1. The van der Waals surface area contributed by atoms with Gasteiger partial charge in [0.15, 0.2) is 11.6 Å². The molecular weight excluding hydrogens is 336 g/mol. The summed E-state index contributed by atoms with van der Waals surface area (Å²) in [6.07, 6.45) is 2.15. The lowest BCUT2D eigenvalue weighted by molar-refractivity contribution is 0.601. The molecule has 1 aromatic heterocycles. The molecule has 0 spiro atoms. The second-order valence-electron chi connectivity index (χ2n) is 5.11. The summed E-state index contributed by atoms with van der Waals surface area (Å²) >= 11 is 5.83. The molecule has 0 amide bonds. The van der Waals surface area contributed by atoms with Crippen molar-refractivity contribution in [2.24, 2.45) is 0 Å². The summed E-state index contributed by atoms with van der Waals surface area (Å²) in [6, 6.07) is 9.36. The predicted octanol–water partition coefficient (Wildman–Crippen LogP) is 3.17. The lowest BCUT2D eigenvalue weighted by Crippen LogP contribution is -2.20. The summed E-state index contributed by atoms with van der Waals surface area (Å²) in [6.45, 7) is 2.99. The Balaban J connectivity index is 2.11. The van der Waals surface area contributed by atoms with Crippen LogP contribution >= 0.6 is 11.6 Å². The van der Waals surface area contributed by atoms with Crippen molar-refractivity contribution >= 4 is 33.3 Å². The highest BCUT2D eigenvalue weighted by atomic mass is 35.5. The molecule has 8 heteroatoms. The number of benzene rings is 1. The van der Waals surface area contributed by atoms with Crippen molar-refractivity contribution < 1.29 is 8.42 Å². The van der Waals surface area contributed by atoms with Crippen LogP contribution in [0.2, 0.25) is 5.02 Å². The molecule has 1 aromatic carbocycles. The number of nitrogens with one attached hydrogen (secondary N) is 1. The van der Waals surface area contributed by atoms with Gasteiger partial charge >= 0.3 is 0 Å². The Morgan fingerprint density at radius 1 is 1.22 bits per heavy atom. The Bertz CT molecular complexity index is 750. The standard InChI is InChI=1S/C15H19ClN4O2S/c1-3-4-10-20(2)15-9-8-14(17-18-15)19-23(21,22)13-7-5-6-12(16)11-13/h5-9,11H,3-4,10H2,1-2H3,(H,17,19). The summed E-state index contributed by atoms with van der Waals surface area (Å²) in [5.41, 5.74) is 0. The Morgan fingerprint density at radius 2 is 2.00 bits per heavy atom. The van der Waals surface area contributed by atoms with Crippen LogP contribution in [0.1, 0.15) is 19.8 Å². The molecule has 0 saturated carbocycles. The molecule has 0 aliphatic heterocycles. The fraction of sp³-hybridized carbons (Fsp3) is 0.333. The Morgan fingerprint density at radius 3 is 2.61 bits per heavy atom. The predicted molar refractivity (Wildman–Crippen MR) is 92.5 cm³/mol. The van der Waals surface area contributed by atoms with E-state index in [0.29, 0.717) is 10.8 Å². The number of unbranched alkanes of at least 4 members (excludes halogenated alkanes) is 1. The summed E-state index contributed by atoms with van der Waals surface area (Å²) < 4.78 is 26.9. The number of nitrogens with zero attached hydrogens (tertiary/aromatic N) is 3. The topological polar surface area (TPSA) is 75.2 Å². The first-order valence-corrected chi connectivity index (χ1v) is 9.12. The van der Waals surface area contributed by atoms with Crippen molar-refractivity contribution in [3.63, 3.8) is 0 Å². The van der Waals surface area contributed by atoms with Crippen LogP contribution in [0.15, 0.2) is 41.3 Å². The fourth-order valence-corrected chi connectivity index (χ4v) is 3.22. The molecule has 124 valence electrons. The monoisotopic (exact) mass is 354 g/mol. The van der Waals surface area contributed by atoms with Gasteiger partial charge in [0.25, 0.3) is 10.0 Å². The third-order valence-electron chi connectivity index (χ3n) is 3.23. The molecule has 0 unspecified atom stereocenters. The van der Waals surface area contributed by atoms with E-state index in [1.807, 2.05) is 11.9 Å². The second kappa shape index (κ2) is 7.61. The first-order chi connectivity index (χ1) is 10.9. The largest absolute Gasteiger partial charge is 0.358 e. The molecule has 0 aliphatic carbocycles. The van der Waals surface area contributed by atoms with Crippen LogP contribution in [-0.2, 0) is 10.0 Å². The average Bonchev–Trinajstić information content (AvgIpc) is 2.53. The van der Waals surface area contributed by atoms with E-state index in [2.05, 4.69) is 21.8 Å². The fourth-order valence-electron chi connectivity index (χ4n) is 1.92. The smallest absolute Gasteiger partial charge is 0.263 e. The van der Waals surface area contributed by atoms with Gasteiger partial charge < -0.3 is 4.90 Å². The highest BCUT2D eigenvalue weighted by Gasteiger charge is 2.15. The van der Waals surface area contributed by atoms with Crippen molar-refractivity contribution in [3.8, 4) is 0 Å². The quantitative estimate of drug-likeness (QED) is 0.826. The lowest BCUT2D eigenvalue weighted by Gasteiger charge is -2.17. The van der Waals surface area contributed by atoms with Gasteiger partial charge in [0.2, 0.25) is 0 Å². The van der Waals surface area contributed by atoms with Crippen molar-refractivity contribution in [1.29, 1.82) is 0 Å². The Kier molecular flexibility index (Phi) is 5.79. The first-order valence-electron chi connectivity index (χ1n) is 7.25. The molecule has 23 heavy (non-hydrogen) atoms. The summed E-state index contributed by atoms with van der Waals surface area (Å²) in [5.74, 6) is 0.863. The Labute approximate surface area is 141 Å². The van der Waals surface area contributed by atoms with Gasteiger partial charge in [-0.2, -0.15) is 0 Å². The molecule has 2 aromatic rings. The van der Waals surface area contributed by atoms with Crippen LogP contribution in [0.25, 0.3) is 0 Å². The van der Waals surface area contributed by atoms with Gasteiger partial charge in [0, 0.05) is 18.6 Å². The van der Waals surface area contributed by atoms with Gasteiger partial charge in [-0.25, -0.2) is 8.42 Å². The van der Waals surface area contributed by atoms with Crippen molar-refractivity contribution in [3.05, 3.63) is 41.4 Å². The van der Waals surface area contributed by atoms with Gasteiger partial charge in [-0.3, -0.25) is 4.72 Å². The minimum Gasteiger partial charge on any atom is -0.358 e. The first kappa shape index (κ1) is 17.5. The third kappa shape index (κ3) is 4.80. The van der Waals surface area contributed by atoms with Gasteiger partial charge in [0.1, 0.15) is 0 Å². The Hall–Kier alpha value is -1.86. The number of hydrogen-bond acceptors (Lipinski definition) is 5. The molecule has 0 radical (unpaired) electrons. The van der Waals surface area contributed by atoms with Crippen LogP contribution in [0.4, 0.5) is 11.6 Å². The second-order valence-corrected chi connectivity index (χ2v) is 7.23. The van der Waals surface area contributed by atoms with E-state index in [1.54, 1.807) is 24.3 Å². The van der Waals surface area contributed by atoms with Crippen LogP contribution in [0, 0.1) is 0 Å². The van der Waals surface area contributed by atoms with Gasteiger partial charge in [-0.05, 0) is 36.8 Å². The maximum atomic E-state index is 12.3. The number of anilines is 2. The summed E-state index contributed by atoms with van der Waals surface area (Å²) in [4.78, 5) is 2.06. The van der Waals surface area contributed by atoms with E-state index in [4.69, 9.17) is 11.6 Å². The van der Waals surface area contributed by atoms with Gasteiger partial charge in [0.05, 0.1) is 4.90 Å². The number of rotatable bonds is 7. The molecular formula is C15H19ClN4O2S. The van der Waals surface area contributed by atoms with Gasteiger partial charge in [-0.15, -0.1) is 10.2 Å². The molecule has 0 atom stereocenters. The summed E-state index contributed by atoms with van der Waals surface area (Å²) in [7, 11) is -1.81. The zero-order valence-electron chi connectivity index (χ0n) is 13.0. The zero-order chi connectivity index (χ0) is 16.9. The molecule has 1 heterocycles. The normalized spacial score (nSPS) is 11.3.